The topological polar surface area (TPSA) is 41.4 Å². The maximum Gasteiger partial charge on any atom is 0.222 e. The van der Waals surface area contributed by atoms with Crippen LogP contribution in [-0.2, 0) is 4.79 Å². The van der Waals surface area contributed by atoms with Crippen molar-refractivity contribution >= 4 is 5.91 Å². The molecular formula is C14H22N4O. The van der Waals surface area contributed by atoms with Crippen molar-refractivity contribution in [2.75, 3.05) is 32.7 Å². The van der Waals surface area contributed by atoms with Crippen molar-refractivity contribution in [2.24, 2.45) is 0 Å². The van der Waals surface area contributed by atoms with Crippen LogP contribution in [0.5, 0.6) is 0 Å². The molecule has 19 heavy (non-hydrogen) atoms. The number of carbonyl (C=O) groups excluding carboxylic acids is 1. The summed E-state index contributed by atoms with van der Waals surface area (Å²) < 4.78 is 2.04. The van der Waals surface area contributed by atoms with Crippen molar-refractivity contribution in [1.29, 1.82) is 0 Å². The van der Waals surface area contributed by atoms with Gasteiger partial charge in [-0.25, -0.2) is 0 Å². The van der Waals surface area contributed by atoms with E-state index in [1.807, 2.05) is 28.0 Å². The fraction of sp³-hybridized carbons (Fsp3) is 0.714. The number of rotatable bonds is 4. The molecule has 0 bridgehead atoms. The van der Waals surface area contributed by atoms with Crippen LogP contribution in [0.2, 0.25) is 0 Å². The van der Waals surface area contributed by atoms with Crippen LogP contribution in [0.25, 0.3) is 0 Å². The first-order valence-corrected chi connectivity index (χ1v) is 7.32. The largest absolute Gasteiger partial charge is 0.341 e. The van der Waals surface area contributed by atoms with E-state index in [2.05, 4.69) is 10.00 Å². The summed E-state index contributed by atoms with van der Waals surface area (Å²) in [6.07, 6.45) is 8.05. The minimum Gasteiger partial charge on any atom is -0.341 e. The predicted molar refractivity (Wildman–Crippen MR) is 72.8 cm³/mol. The number of amides is 1. The zero-order chi connectivity index (χ0) is 13.1. The van der Waals surface area contributed by atoms with Crippen LogP contribution in [0.4, 0.5) is 0 Å². The molecule has 2 saturated heterocycles. The first kappa shape index (κ1) is 12.7. The van der Waals surface area contributed by atoms with Crippen molar-refractivity contribution in [1.82, 2.24) is 19.6 Å². The van der Waals surface area contributed by atoms with Gasteiger partial charge in [0, 0.05) is 51.5 Å². The van der Waals surface area contributed by atoms with E-state index in [9.17, 15) is 4.79 Å². The van der Waals surface area contributed by atoms with Gasteiger partial charge in [0.15, 0.2) is 0 Å². The molecule has 5 heteroatoms. The number of hydrogen-bond acceptors (Lipinski definition) is 3. The lowest BCUT2D eigenvalue weighted by Gasteiger charge is -2.40. The van der Waals surface area contributed by atoms with Gasteiger partial charge in [-0.3, -0.25) is 14.4 Å². The molecular weight excluding hydrogens is 240 g/mol. The molecule has 3 rings (SSSR count). The molecule has 1 amide bonds. The Balaban J connectivity index is 1.40. The molecule has 2 aliphatic heterocycles. The van der Waals surface area contributed by atoms with E-state index in [0.717, 1.165) is 45.6 Å². The van der Waals surface area contributed by atoms with Crippen molar-refractivity contribution < 1.29 is 4.79 Å². The Morgan fingerprint density at radius 2 is 2.11 bits per heavy atom. The third-order valence-corrected chi connectivity index (χ3v) is 4.19. The van der Waals surface area contributed by atoms with Crippen molar-refractivity contribution in [3.05, 3.63) is 18.5 Å². The van der Waals surface area contributed by atoms with Crippen molar-refractivity contribution in [2.45, 2.75) is 31.7 Å². The van der Waals surface area contributed by atoms with Crippen LogP contribution in [-0.4, -0.2) is 58.2 Å². The van der Waals surface area contributed by atoms with Crippen LogP contribution >= 0.6 is 0 Å². The minimum atomic E-state index is 0.349. The number of aromatic nitrogens is 2. The van der Waals surface area contributed by atoms with E-state index in [4.69, 9.17) is 0 Å². The van der Waals surface area contributed by atoms with Crippen LogP contribution in [0.15, 0.2) is 18.5 Å². The highest BCUT2D eigenvalue weighted by Crippen LogP contribution is 2.20. The summed E-state index contributed by atoms with van der Waals surface area (Å²) in [4.78, 5) is 16.3. The van der Waals surface area contributed by atoms with Gasteiger partial charge in [0.05, 0.1) is 6.04 Å². The molecule has 1 aromatic rings. The highest BCUT2D eigenvalue weighted by atomic mass is 16.2. The molecule has 2 aliphatic rings. The highest BCUT2D eigenvalue weighted by Gasteiger charge is 2.28. The summed E-state index contributed by atoms with van der Waals surface area (Å²) in [6, 6.07) is 2.49. The van der Waals surface area contributed by atoms with Gasteiger partial charge in [0.2, 0.25) is 5.91 Å². The van der Waals surface area contributed by atoms with Gasteiger partial charge in [0.25, 0.3) is 0 Å². The zero-order valence-electron chi connectivity index (χ0n) is 11.4. The van der Waals surface area contributed by atoms with Gasteiger partial charge in [-0.15, -0.1) is 0 Å². The van der Waals surface area contributed by atoms with Gasteiger partial charge in [-0.05, 0) is 18.9 Å². The zero-order valence-corrected chi connectivity index (χ0v) is 11.4. The molecule has 0 spiro atoms. The van der Waals surface area contributed by atoms with Crippen LogP contribution in [0.3, 0.4) is 0 Å². The molecule has 5 nitrogen and oxygen atoms in total. The summed E-state index contributed by atoms with van der Waals surface area (Å²) >= 11 is 0. The Morgan fingerprint density at radius 1 is 1.21 bits per heavy atom. The maximum absolute atomic E-state index is 11.9. The smallest absolute Gasteiger partial charge is 0.222 e. The van der Waals surface area contributed by atoms with E-state index in [-0.39, 0.29) is 0 Å². The van der Waals surface area contributed by atoms with Gasteiger partial charge in [-0.1, -0.05) is 6.42 Å². The number of hydrogen-bond donors (Lipinski definition) is 0. The third kappa shape index (κ3) is 2.97. The van der Waals surface area contributed by atoms with Gasteiger partial charge in [0.1, 0.15) is 0 Å². The maximum atomic E-state index is 11.9. The Labute approximate surface area is 114 Å². The van der Waals surface area contributed by atoms with E-state index < -0.39 is 0 Å². The summed E-state index contributed by atoms with van der Waals surface area (Å²) in [5.41, 5.74) is 0. The van der Waals surface area contributed by atoms with Crippen molar-refractivity contribution in [3.63, 3.8) is 0 Å². The molecule has 0 unspecified atom stereocenters. The Hall–Kier alpha value is -1.36. The highest BCUT2D eigenvalue weighted by molar-refractivity contribution is 5.76. The first-order chi connectivity index (χ1) is 9.33. The molecule has 3 heterocycles. The molecule has 0 aromatic carbocycles. The van der Waals surface area contributed by atoms with Crippen molar-refractivity contribution in [3.8, 4) is 0 Å². The summed E-state index contributed by atoms with van der Waals surface area (Å²) in [5, 5.41) is 4.27. The standard InChI is InChI=1S/C14H22N4O/c19-14-5-2-1-3-7-17(14)10-9-16-11-13(12-16)18-8-4-6-15-18/h4,6,8,13H,1-3,5,7,9-12H2. The average Bonchev–Trinajstić information content (AvgIpc) is 2.79. The van der Waals surface area contributed by atoms with E-state index in [1.54, 1.807) is 0 Å². The molecule has 2 fully saturated rings. The monoisotopic (exact) mass is 262 g/mol. The second-order valence-electron chi connectivity index (χ2n) is 5.59. The molecule has 0 atom stereocenters. The fourth-order valence-corrected chi connectivity index (χ4v) is 2.93. The molecule has 1 aromatic heterocycles. The normalized spacial score (nSPS) is 22.3. The first-order valence-electron chi connectivity index (χ1n) is 7.32. The van der Waals surface area contributed by atoms with Gasteiger partial charge in [-0.2, -0.15) is 5.10 Å². The Morgan fingerprint density at radius 3 is 2.89 bits per heavy atom. The number of nitrogens with zero attached hydrogens (tertiary/aromatic N) is 4. The SMILES string of the molecule is O=C1CCCCCN1CCN1CC(n2cccn2)C1. The molecule has 0 aliphatic carbocycles. The van der Waals surface area contributed by atoms with E-state index in [1.165, 1.54) is 12.8 Å². The van der Waals surface area contributed by atoms with E-state index in [0.29, 0.717) is 11.9 Å². The number of likely N-dealkylation sites (tertiary alicyclic amines) is 2. The second kappa shape index (κ2) is 5.74. The molecule has 104 valence electrons. The fourth-order valence-electron chi connectivity index (χ4n) is 2.93. The summed E-state index contributed by atoms with van der Waals surface area (Å²) in [6.45, 7) is 4.97. The predicted octanol–water partition coefficient (Wildman–Crippen LogP) is 1.14. The molecule has 0 radical (unpaired) electrons. The Bertz CT molecular complexity index is 411. The van der Waals surface area contributed by atoms with Crippen LogP contribution < -0.4 is 0 Å². The van der Waals surface area contributed by atoms with Gasteiger partial charge >= 0.3 is 0 Å². The Kier molecular flexibility index (Phi) is 3.82. The molecule has 0 saturated carbocycles. The van der Waals surface area contributed by atoms with Crippen LogP contribution in [0.1, 0.15) is 31.7 Å². The second-order valence-corrected chi connectivity index (χ2v) is 5.59. The summed E-state index contributed by atoms with van der Waals surface area (Å²) in [5.74, 6) is 0.349. The summed E-state index contributed by atoms with van der Waals surface area (Å²) in [7, 11) is 0. The van der Waals surface area contributed by atoms with E-state index >= 15 is 0 Å². The lowest BCUT2D eigenvalue weighted by Crippen LogP contribution is -2.50. The minimum absolute atomic E-state index is 0.349. The quantitative estimate of drug-likeness (QED) is 0.817. The third-order valence-electron chi connectivity index (χ3n) is 4.19. The average molecular weight is 262 g/mol. The molecule has 0 N–H and O–H groups in total. The lowest BCUT2D eigenvalue weighted by molar-refractivity contribution is -0.131. The number of carbonyl (C=O) groups is 1. The lowest BCUT2D eigenvalue weighted by atomic mass is 10.1. The van der Waals surface area contributed by atoms with Gasteiger partial charge < -0.3 is 4.90 Å². The van der Waals surface area contributed by atoms with Crippen LogP contribution in [0, 0.1) is 0 Å².